The first kappa shape index (κ1) is 16.8. The Hall–Kier alpha value is -2.54. The van der Waals surface area contributed by atoms with E-state index in [4.69, 9.17) is 11.6 Å². The summed E-state index contributed by atoms with van der Waals surface area (Å²) in [5.74, 6) is -1.56. The summed E-state index contributed by atoms with van der Waals surface area (Å²) >= 11 is 5.61. The normalized spacial score (nSPS) is 11.7. The summed E-state index contributed by atoms with van der Waals surface area (Å²) in [6, 6.07) is 9.82. The number of hydrazone groups is 1. The first-order valence-electron chi connectivity index (χ1n) is 6.27. The maximum Gasteiger partial charge on any atom is 0.420 e. The summed E-state index contributed by atoms with van der Waals surface area (Å²) in [4.78, 5) is 11.7. The lowest BCUT2D eigenvalue weighted by molar-refractivity contribution is -0.138. The fourth-order valence-corrected chi connectivity index (χ4v) is 1.98. The molecule has 2 aromatic carbocycles. The van der Waals surface area contributed by atoms with Gasteiger partial charge in [-0.1, -0.05) is 29.8 Å². The molecule has 0 heterocycles. The third-order valence-electron chi connectivity index (χ3n) is 2.82. The largest absolute Gasteiger partial charge is 0.507 e. The molecule has 0 fully saturated rings. The molecule has 0 aliphatic rings. The highest BCUT2D eigenvalue weighted by atomic mass is 35.5. The third kappa shape index (κ3) is 4.23. The Balaban J connectivity index is 2.20. The summed E-state index contributed by atoms with van der Waals surface area (Å²) in [6.45, 7) is 0. The van der Waals surface area contributed by atoms with Gasteiger partial charge < -0.3 is 5.11 Å². The van der Waals surface area contributed by atoms with Crippen molar-refractivity contribution in [3.63, 3.8) is 0 Å². The number of carbonyl (C=O) groups is 1. The van der Waals surface area contributed by atoms with E-state index in [0.717, 1.165) is 12.3 Å². The van der Waals surface area contributed by atoms with Gasteiger partial charge in [-0.25, -0.2) is 5.43 Å². The van der Waals surface area contributed by atoms with Gasteiger partial charge in [-0.2, -0.15) is 18.3 Å². The van der Waals surface area contributed by atoms with Crippen LogP contribution in [0.4, 0.5) is 13.2 Å². The Bertz CT molecular complexity index is 746. The first-order valence-corrected chi connectivity index (χ1v) is 6.65. The van der Waals surface area contributed by atoms with Crippen molar-refractivity contribution in [2.45, 2.75) is 6.18 Å². The zero-order valence-electron chi connectivity index (χ0n) is 11.4. The number of phenolic OH excluding ortho intramolecular Hbond substituents is 1. The Morgan fingerprint density at radius 1 is 1.22 bits per heavy atom. The van der Waals surface area contributed by atoms with Crippen molar-refractivity contribution in [2.75, 3.05) is 0 Å². The molecule has 0 radical (unpaired) electrons. The summed E-state index contributed by atoms with van der Waals surface area (Å²) in [5.41, 5.74) is 0.934. The molecule has 120 valence electrons. The van der Waals surface area contributed by atoms with Gasteiger partial charge in [0, 0.05) is 16.1 Å². The summed E-state index contributed by atoms with van der Waals surface area (Å²) in [7, 11) is 0. The number of nitrogens with one attached hydrogen (secondary N) is 1. The second-order valence-corrected chi connectivity index (χ2v) is 4.89. The van der Waals surface area contributed by atoms with Crippen molar-refractivity contribution in [3.8, 4) is 5.75 Å². The van der Waals surface area contributed by atoms with Gasteiger partial charge in [0.1, 0.15) is 5.75 Å². The SMILES string of the molecule is O=C(N/N=C/c1cc(Cl)cc(C(F)(F)F)c1O)c1ccccc1. The molecule has 0 saturated carbocycles. The number of aromatic hydroxyl groups is 1. The molecule has 2 N–H and O–H groups in total. The monoisotopic (exact) mass is 342 g/mol. The number of benzene rings is 2. The van der Waals surface area contributed by atoms with E-state index < -0.39 is 23.4 Å². The average molecular weight is 343 g/mol. The minimum atomic E-state index is -4.76. The molecule has 0 aromatic heterocycles. The van der Waals surface area contributed by atoms with Crippen molar-refractivity contribution in [1.29, 1.82) is 0 Å². The smallest absolute Gasteiger partial charge is 0.420 e. The van der Waals surface area contributed by atoms with Gasteiger partial charge in [0.05, 0.1) is 11.8 Å². The zero-order chi connectivity index (χ0) is 17.0. The number of alkyl halides is 3. The zero-order valence-corrected chi connectivity index (χ0v) is 12.2. The predicted octanol–water partition coefficient (Wildman–Crippen LogP) is 3.83. The second kappa shape index (κ2) is 6.70. The number of halogens is 4. The van der Waals surface area contributed by atoms with Gasteiger partial charge in [-0.3, -0.25) is 4.79 Å². The number of carbonyl (C=O) groups excluding carboxylic acids is 1. The lowest BCUT2D eigenvalue weighted by Crippen LogP contribution is -2.17. The Kier molecular flexibility index (Phi) is 4.90. The van der Waals surface area contributed by atoms with Gasteiger partial charge in [-0.15, -0.1) is 0 Å². The summed E-state index contributed by atoms with van der Waals surface area (Å²) in [6.07, 6.45) is -3.87. The molecule has 0 spiro atoms. The maximum atomic E-state index is 12.7. The van der Waals surface area contributed by atoms with Crippen molar-refractivity contribution < 1.29 is 23.1 Å². The van der Waals surface area contributed by atoms with Crippen LogP contribution in [0.25, 0.3) is 0 Å². The first-order chi connectivity index (χ1) is 10.8. The van der Waals surface area contributed by atoms with Gasteiger partial charge in [0.15, 0.2) is 0 Å². The van der Waals surface area contributed by atoms with Crippen LogP contribution in [0.3, 0.4) is 0 Å². The minimum Gasteiger partial charge on any atom is -0.507 e. The number of hydrogen-bond acceptors (Lipinski definition) is 3. The van der Waals surface area contributed by atoms with E-state index >= 15 is 0 Å². The second-order valence-electron chi connectivity index (χ2n) is 4.45. The molecule has 0 aliphatic carbocycles. The molecule has 0 saturated heterocycles. The van der Waals surface area contributed by atoms with Crippen molar-refractivity contribution >= 4 is 23.7 Å². The average Bonchev–Trinajstić information content (AvgIpc) is 2.50. The molecule has 0 bridgehead atoms. The van der Waals surface area contributed by atoms with Crippen LogP contribution in [-0.4, -0.2) is 17.2 Å². The van der Waals surface area contributed by atoms with Crippen LogP contribution in [0, 0.1) is 0 Å². The predicted molar refractivity (Wildman–Crippen MR) is 79.6 cm³/mol. The van der Waals surface area contributed by atoms with Crippen LogP contribution in [0.2, 0.25) is 5.02 Å². The number of nitrogens with zero attached hydrogens (tertiary/aromatic N) is 1. The standard InChI is InChI=1S/C15H10ClF3N2O2/c16-11-6-10(13(22)12(7-11)15(17,18)19)8-20-21-14(23)9-4-2-1-3-5-9/h1-8,22H,(H,21,23)/b20-8+. The molecule has 0 atom stereocenters. The molecule has 0 aliphatic heterocycles. The molecule has 4 nitrogen and oxygen atoms in total. The van der Waals surface area contributed by atoms with Crippen LogP contribution in [0.5, 0.6) is 5.75 Å². The molecule has 1 amide bonds. The van der Waals surface area contributed by atoms with Gasteiger partial charge in [0.2, 0.25) is 0 Å². The number of phenols is 1. The molecule has 2 aromatic rings. The minimum absolute atomic E-state index is 0.217. The van der Waals surface area contributed by atoms with Crippen LogP contribution in [0.1, 0.15) is 21.5 Å². The molecule has 0 unspecified atom stereocenters. The van der Waals surface area contributed by atoms with E-state index in [2.05, 4.69) is 10.5 Å². The van der Waals surface area contributed by atoms with E-state index in [1.807, 2.05) is 0 Å². The Morgan fingerprint density at radius 3 is 2.48 bits per heavy atom. The summed E-state index contributed by atoms with van der Waals surface area (Å²) < 4.78 is 38.2. The topological polar surface area (TPSA) is 61.7 Å². The Morgan fingerprint density at radius 2 is 1.87 bits per heavy atom. The third-order valence-corrected chi connectivity index (χ3v) is 3.03. The highest BCUT2D eigenvalue weighted by Crippen LogP contribution is 2.38. The highest BCUT2D eigenvalue weighted by molar-refractivity contribution is 6.31. The molecule has 23 heavy (non-hydrogen) atoms. The lowest BCUT2D eigenvalue weighted by Gasteiger charge is -2.11. The van der Waals surface area contributed by atoms with Crippen LogP contribution < -0.4 is 5.43 Å². The fourth-order valence-electron chi connectivity index (χ4n) is 1.75. The molecule has 8 heteroatoms. The van der Waals surface area contributed by atoms with Gasteiger partial charge >= 0.3 is 6.18 Å². The van der Waals surface area contributed by atoms with E-state index in [9.17, 15) is 23.1 Å². The van der Waals surface area contributed by atoms with Crippen LogP contribution >= 0.6 is 11.6 Å². The number of hydrogen-bond donors (Lipinski definition) is 2. The van der Waals surface area contributed by atoms with E-state index in [0.29, 0.717) is 11.6 Å². The van der Waals surface area contributed by atoms with Crippen molar-refractivity contribution in [3.05, 3.63) is 64.2 Å². The van der Waals surface area contributed by atoms with Crippen molar-refractivity contribution in [2.24, 2.45) is 5.10 Å². The maximum absolute atomic E-state index is 12.7. The van der Waals surface area contributed by atoms with Gasteiger partial charge in [-0.05, 0) is 24.3 Å². The molecular formula is C15H10ClF3N2O2. The van der Waals surface area contributed by atoms with Gasteiger partial charge in [0.25, 0.3) is 5.91 Å². The molecule has 2 rings (SSSR count). The van der Waals surface area contributed by atoms with E-state index in [1.165, 1.54) is 0 Å². The van der Waals surface area contributed by atoms with Crippen LogP contribution in [0.15, 0.2) is 47.6 Å². The summed E-state index contributed by atoms with van der Waals surface area (Å²) in [5, 5.41) is 13.0. The van der Waals surface area contributed by atoms with E-state index in [-0.39, 0.29) is 10.6 Å². The van der Waals surface area contributed by atoms with E-state index in [1.54, 1.807) is 30.3 Å². The fraction of sp³-hybridized carbons (Fsp3) is 0.0667. The quantitative estimate of drug-likeness (QED) is 0.658. The number of amides is 1. The Labute approximate surface area is 134 Å². The number of rotatable bonds is 3. The highest BCUT2D eigenvalue weighted by Gasteiger charge is 2.35. The van der Waals surface area contributed by atoms with Crippen LogP contribution in [-0.2, 0) is 6.18 Å². The molecular weight excluding hydrogens is 333 g/mol. The lowest BCUT2D eigenvalue weighted by atomic mass is 10.1. The van der Waals surface area contributed by atoms with Crippen molar-refractivity contribution in [1.82, 2.24) is 5.43 Å².